The largest absolute Gasteiger partial charge is 0.372 e. The number of hydrogen-bond donors (Lipinski definition) is 2. The Labute approximate surface area is 175 Å². The molecule has 1 aliphatic rings. The van der Waals surface area contributed by atoms with Gasteiger partial charge < -0.3 is 19.9 Å². The summed E-state index contributed by atoms with van der Waals surface area (Å²) >= 11 is 0. The SMILES string of the molecule is C[C@@H]1CN(c2ccccc2Nc2nccc(-c3c[nH]c4ccccc34)n2)C[C@H](C)O1. The summed E-state index contributed by atoms with van der Waals surface area (Å²) in [6.45, 7) is 5.96. The highest BCUT2D eigenvalue weighted by molar-refractivity contribution is 5.94. The van der Waals surface area contributed by atoms with Crippen LogP contribution in [0.3, 0.4) is 0 Å². The summed E-state index contributed by atoms with van der Waals surface area (Å²) in [6.07, 6.45) is 4.20. The molecule has 152 valence electrons. The summed E-state index contributed by atoms with van der Waals surface area (Å²) < 4.78 is 5.90. The first-order valence-corrected chi connectivity index (χ1v) is 10.3. The number of hydrogen-bond acceptors (Lipinski definition) is 5. The average Bonchev–Trinajstić information content (AvgIpc) is 3.18. The van der Waals surface area contributed by atoms with Gasteiger partial charge in [0.2, 0.25) is 5.95 Å². The van der Waals surface area contributed by atoms with E-state index in [1.54, 1.807) is 6.20 Å². The van der Waals surface area contributed by atoms with Gasteiger partial charge in [-0.15, -0.1) is 0 Å². The lowest BCUT2D eigenvalue weighted by atomic mass is 10.1. The van der Waals surface area contributed by atoms with Crippen molar-refractivity contribution in [2.75, 3.05) is 23.3 Å². The number of nitrogens with one attached hydrogen (secondary N) is 2. The molecule has 3 heterocycles. The zero-order chi connectivity index (χ0) is 20.5. The number of fused-ring (bicyclic) bond motifs is 1. The van der Waals surface area contributed by atoms with Gasteiger partial charge in [0.1, 0.15) is 0 Å². The van der Waals surface area contributed by atoms with Crippen LogP contribution < -0.4 is 10.2 Å². The smallest absolute Gasteiger partial charge is 0.227 e. The summed E-state index contributed by atoms with van der Waals surface area (Å²) in [5.41, 5.74) is 5.19. The summed E-state index contributed by atoms with van der Waals surface area (Å²) in [6, 6.07) is 18.5. The number of morpholine rings is 1. The number of rotatable bonds is 4. The molecule has 0 aliphatic carbocycles. The zero-order valence-electron chi connectivity index (χ0n) is 17.2. The van der Waals surface area contributed by atoms with E-state index in [2.05, 4.69) is 64.4 Å². The maximum atomic E-state index is 5.90. The second-order valence-corrected chi connectivity index (χ2v) is 7.82. The van der Waals surface area contributed by atoms with Gasteiger partial charge in [-0.05, 0) is 38.1 Å². The number of benzene rings is 2. The van der Waals surface area contributed by atoms with Crippen molar-refractivity contribution in [3.63, 3.8) is 0 Å². The second kappa shape index (κ2) is 7.80. The van der Waals surface area contributed by atoms with Crippen LogP contribution in [0.5, 0.6) is 0 Å². The molecule has 2 N–H and O–H groups in total. The third-order valence-corrected chi connectivity index (χ3v) is 5.43. The van der Waals surface area contributed by atoms with Gasteiger partial charge in [0.05, 0.1) is 29.3 Å². The fraction of sp³-hybridized carbons (Fsp3) is 0.250. The van der Waals surface area contributed by atoms with Crippen molar-refractivity contribution < 1.29 is 4.74 Å². The molecule has 2 aromatic heterocycles. The predicted molar refractivity (Wildman–Crippen MR) is 121 cm³/mol. The molecule has 4 aromatic rings. The molecular formula is C24H25N5O. The molecule has 0 spiro atoms. The molecule has 30 heavy (non-hydrogen) atoms. The van der Waals surface area contributed by atoms with Crippen molar-refractivity contribution in [1.29, 1.82) is 0 Å². The number of aromatic nitrogens is 3. The number of anilines is 3. The van der Waals surface area contributed by atoms with Gasteiger partial charge >= 0.3 is 0 Å². The molecule has 0 saturated carbocycles. The van der Waals surface area contributed by atoms with E-state index in [9.17, 15) is 0 Å². The van der Waals surface area contributed by atoms with Crippen molar-refractivity contribution in [1.82, 2.24) is 15.0 Å². The fourth-order valence-corrected chi connectivity index (χ4v) is 4.20. The van der Waals surface area contributed by atoms with E-state index in [1.807, 2.05) is 30.5 Å². The van der Waals surface area contributed by atoms with Crippen molar-refractivity contribution in [3.05, 3.63) is 67.0 Å². The van der Waals surface area contributed by atoms with E-state index >= 15 is 0 Å². The van der Waals surface area contributed by atoms with Gasteiger partial charge in [-0.2, -0.15) is 0 Å². The topological polar surface area (TPSA) is 66.1 Å². The van der Waals surface area contributed by atoms with Crippen LogP contribution in [0, 0.1) is 0 Å². The van der Waals surface area contributed by atoms with Crippen LogP contribution in [0.15, 0.2) is 67.0 Å². The molecule has 0 unspecified atom stereocenters. The Balaban J connectivity index is 1.45. The monoisotopic (exact) mass is 399 g/mol. The van der Waals surface area contributed by atoms with Gasteiger partial charge in [0.25, 0.3) is 0 Å². The van der Waals surface area contributed by atoms with Crippen LogP contribution in [0.2, 0.25) is 0 Å². The first-order chi connectivity index (χ1) is 14.7. The number of aromatic amines is 1. The molecule has 2 atom stereocenters. The highest BCUT2D eigenvalue weighted by atomic mass is 16.5. The maximum absolute atomic E-state index is 5.90. The standard InChI is InChI=1S/C24H25N5O/c1-16-14-29(15-17(2)30-16)23-10-6-5-9-22(23)28-24-25-12-11-21(27-24)19-13-26-20-8-4-3-7-18(19)20/h3-13,16-17,26H,14-15H2,1-2H3,(H,25,27,28)/t16-,17+. The average molecular weight is 399 g/mol. The number of ether oxygens (including phenoxy) is 1. The first kappa shape index (κ1) is 18.6. The second-order valence-electron chi connectivity index (χ2n) is 7.82. The minimum Gasteiger partial charge on any atom is -0.372 e. The van der Waals surface area contributed by atoms with Gasteiger partial charge in [0.15, 0.2) is 0 Å². The minimum absolute atomic E-state index is 0.197. The Morgan fingerprint density at radius 1 is 1.00 bits per heavy atom. The summed E-state index contributed by atoms with van der Waals surface area (Å²) in [5, 5.41) is 4.59. The van der Waals surface area contributed by atoms with Gasteiger partial charge in [-0.25, -0.2) is 9.97 Å². The van der Waals surface area contributed by atoms with Crippen molar-refractivity contribution in [2.45, 2.75) is 26.1 Å². The molecule has 5 rings (SSSR count). The quantitative estimate of drug-likeness (QED) is 0.506. The Bertz CT molecular complexity index is 1160. The van der Waals surface area contributed by atoms with Gasteiger partial charge in [0, 0.05) is 41.9 Å². The van der Waals surface area contributed by atoms with Crippen molar-refractivity contribution >= 4 is 28.2 Å². The van der Waals surface area contributed by atoms with Gasteiger partial charge in [-0.1, -0.05) is 30.3 Å². The molecule has 6 heteroatoms. The number of para-hydroxylation sites is 3. The van der Waals surface area contributed by atoms with E-state index in [4.69, 9.17) is 9.72 Å². The highest BCUT2D eigenvalue weighted by Gasteiger charge is 2.24. The van der Waals surface area contributed by atoms with Crippen molar-refractivity contribution in [3.8, 4) is 11.3 Å². The third kappa shape index (κ3) is 3.62. The van der Waals surface area contributed by atoms with E-state index in [0.717, 1.165) is 46.6 Å². The molecule has 6 nitrogen and oxygen atoms in total. The molecule has 1 aliphatic heterocycles. The predicted octanol–water partition coefficient (Wildman–Crippen LogP) is 4.98. The molecule has 0 amide bonds. The summed E-state index contributed by atoms with van der Waals surface area (Å²) in [7, 11) is 0. The molecule has 0 bridgehead atoms. The van der Waals surface area contributed by atoms with Crippen LogP contribution >= 0.6 is 0 Å². The highest BCUT2D eigenvalue weighted by Crippen LogP contribution is 2.31. The Morgan fingerprint density at radius 2 is 1.77 bits per heavy atom. The fourth-order valence-electron chi connectivity index (χ4n) is 4.20. The van der Waals surface area contributed by atoms with Crippen LogP contribution in [0.4, 0.5) is 17.3 Å². The molecule has 1 fully saturated rings. The van der Waals surface area contributed by atoms with Crippen LogP contribution in [-0.2, 0) is 4.74 Å². The van der Waals surface area contributed by atoms with E-state index in [0.29, 0.717) is 5.95 Å². The van der Waals surface area contributed by atoms with Gasteiger partial charge in [-0.3, -0.25) is 0 Å². The molecular weight excluding hydrogens is 374 g/mol. The Morgan fingerprint density at radius 3 is 2.63 bits per heavy atom. The molecule has 2 aromatic carbocycles. The lowest BCUT2D eigenvalue weighted by Crippen LogP contribution is -2.45. The summed E-state index contributed by atoms with van der Waals surface area (Å²) in [5.74, 6) is 0.583. The first-order valence-electron chi connectivity index (χ1n) is 10.3. The minimum atomic E-state index is 0.197. The zero-order valence-corrected chi connectivity index (χ0v) is 17.2. The normalized spacial score (nSPS) is 19.2. The summed E-state index contributed by atoms with van der Waals surface area (Å²) in [4.78, 5) is 14.9. The van der Waals surface area contributed by atoms with Crippen molar-refractivity contribution in [2.24, 2.45) is 0 Å². The Kier molecular flexibility index (Phi) is 4.85. The number of nitrogens with zero attached hydrogens (tertiary/aromatic N) is 3. The van der Waals surface area contributed by atoms with E-state index in [1.165, 1.54) is 0 Å². The van der Waals surface area contributed by atoms with E-state index < -0.39 is 0 Å². The Hall–Kier alpha value is -3.38. The van der Waals surface area contributed by atoms with Crippen LogP contribution in [0.25, 0.3) is 22.2 Å². The molecule has 0 radical (unpaired) electrons. The number of H-pyrrole nitrogens is 1. The lowest BCUT2D eigenvalue weighted by molar-refractivity contribution is -0.00517. The van der Waals surface area contributed by atoms with E-state index in [-0.39, 0.29) is 12.2 Å². The lowest BCUT2D eigenvalue weighted by Gasteiger charge is -2.37. The maximum Gasteiger partial charge on any atom is 0.227 e. The van der Waals surface area contributed by atoms with Crippen LogP contribution in [-0.4, -0.2) is 40.2 Å². The molecule has 1 saturated heterocycles. The van der Waals surface area contributed by atoms with Crippen LogP contribution in [0.1, 0.15) is 13.8 Å². The third-order valence-electron chi connectivity index (χ3n) is 5.43.